The Kier molecular flexibility index (Phi) is 4.68. The highest BCUT2D eigenvalue weighted by Crippen LogP contribution is 2.29. The van der Waals surface area contributed by atoms with Crippen molar-refractivity contribution < 1.29 is 14.3 Å². The predicted molar refractivity (Wildman–Crippen MR) is 108 cm³/mol. The molecular weight excluding hydrogens is 354 g/mol. The number of methoxy groups -OCH3 is 2. The van der Waals surface area contributed by atoms with E-state index in [4.69, 9.17) is 9.47 Å². The van der Waals surface area contributed by atoms with E-state index in [0.29, 0.717) is 28.4 Å². The second-order valence-electron chi connectivity index (χ2n) is 6.19. The van der Waals surface area contributed by atoms with Crippen LogP contribution >= 0.6 is 0 Å². The van der Waals surface area contributed by atoms with Crippen LogP contribution in [0.3, 0.4) is 0 Å². The number of carbonyl (C=O) groups is 1. The first-order valence-corrected chi connectivity index (χ1v) is 8.75. The van der Waals surface area contributed by atoms with Gasteiger partial charge in [-0.1, -0.05) is 30.3 Å². The number of carbonyl (C=O) groups excluding carboxylic acids is 1. The Hall–Kier alpha value is -3.80. The van der Waals surface area contributed by atoms with Gasteiger partial charge in [0.25, 0.3) is 5.91 Å². The van der Waals surface area contributed by atoms with Gasteiger partial charge in [0.1, 0.15) is 17.1 Å². The summed E-state index contributed by atoms with van der Waals surface area (Å²) in [5.41, 5.74) is 3.67. The van der Waals surface area contributed by atoms with Gasteiger partial charge in [0, 0.05) is 29.6 Å². The molecule has 140 valence electrons. The van der Waals surface area contributed by atoms with Crippen molar-refractivity contribution in [2.24, 2.45) is 0 Å². The Bertz CT molecular complexity index is 1140. The number of imidazole rings is 1. The first-order chi connectivity index (χ1) is 13.7. The molecule has 0 spiro atoms. The van der Waals surface area contributed by atoms with Crippen molar-refractivity contribution in [1.82, 2.24) is 9.38 Å². The first-order valence-electron chi connectivity index (χ1n) is 8.75. The van der Waals surface area contributed by atoms with Gasteiger partial charge >= 0.3 is 0 Å². The van der Waals surface area contributed by atoms with Gasteiger partial charge in [-0.05, 0) is 24.3 Å². The molecule has 2 aromatic carbocycles. The second kappa shape index (κ2) is 7.44. The fraction of sp³-hybridized carbons (Fsp3) is 0.0909. The lowest BCUT2D eigenvalue weighted by atomic mass is 10.2. The number of hydrogen-bond acceptors (Lipinski definition) is 4. The highest BCUT2D eigenvalue weighted by Gasteiger charge is 2.13. The lowest BCUT2D eigenvalue weighted by Crippen LogP contribution is -2.13. The van der Waals surface area contributed by atoms with Crippen molar-refractivity contribution in [3.05, 3.63) is 78.6 Å². The zero-order chi connectivity index (χ0) is 19.5. The maximum atomic E-state index is 12.7. The zero-order valence-electron chi connectivity index (χ0n) is 15.5. The smallest absolute Gasteiger partial charge is 0.255 e. The van der Waals surface area contributed by atoms with E-state index in [1.165, 1.54) is 0 Å². The summed E-state index contributed by atoms with van der Waals surface area (Å²) in [5, 5.41) is 2.88. The molecule has 1 N–H and O–H groups in total. The summed E-state index contributed by atoms with van der Waals surface area (Å²) in [6.45, 7) is 0. The number of pyridine rings is 1. The molecule has 6 heteroatoms. The molecule has 2 aromatic heterocycles. The summed E-state index contributed by atoms with van der Waals surface area (Å²) in [4.78, 5) is 17.4. The van der Waals surface area contributed by atoms with Crippen molar-refractivity contribution in [1.29, 1.82) is 0 Å². The number of ether oxygens (including phenoxy) is 2. The molecule has 0 radical (unpaired) electrons. The van der Waals surface area contributed by atoms with Gasteiger partial charge < -0.3 is 19.2 Å². The van der Waals surface area contributed by atoms with Gasteiger partial charge in [-0.25, -0.2) is 4.98 Å². The Morgan fingerprint density at radius 2 is 1.82 bits per heavy atom. The fourth-order valence-corrected chi connectivity index (χ4v) is 2.97. The molecule has 0 saturated heterocycles. The predicted octanol–water partition coefficient (Wildman–Crippen LogP) is 4.27. The van der Waals surface area contributed by atoms with Crippen molar-refractivity contribution in [2.45, 2.75) is 0 Å². The number of fused-ring (bicyclic) bond motifs is 1. The van der Waals surface area contributed by atoms with E-state index >= 15 is 0 Å². The van der Waals surface area contributed by atoms with E-state index in [-0.39, 0.29) is 5.91 Å². The molecule has 0 atom stereocenters. The Morgan fingerprint density at radius 3 is 2.57 bits per heavy atom. The molecule has 0 bridgehead atoms. The van der Waals surface area contributed by atoms with Crippen LogP contribution in [0.4, 0.5) is 5.69 Å². The molecule has 0 aliphatic carbocycles. The van der Waals surface area contributed by atoms with Crippen LogP contribution in [-0.4, -0.2) is 29.5 Å². The topological polar surface area (TPSA) is 64.9 Å². The van der Waals surface area contributed by atoms with E-state index in [9.17, 15) is 4.79 Å². The zero-order valence-corrected chi connectivity index (χ0v) is 15.5. The monoisotopic (exact) mass is 373 g/mol. The van der Waals surface area contributed by atoms with Gasteiger partial charge in [0.15, 0.2) is 0 Å². The third-order valence-electron chi connectivity index (χ3n) is 4.45. The van der Waals surface area contributed by atoms with Gasteiger partial charge in [0.05, 0.1) is 25.6 Å². The van der Waals surface area contributed by atoms with Gasteiger partial charge in [0.2, 0.25) is 0 Å². The van der Waals surface area contributed by atoms with Gasteiger partial charge in [-0.2, -0.15) is 0 Å². The van der Waals surface area contributed by atoms with Gasteiger partial charge in [-0.3, -0.25) is 4.79 Å². The normalized spacial score (nSPS) is 10.6. The quantitative estimate of drug-likeness (QED) is 0.567. The van der Waals surface area contributed by atoms with E-state index in [0.717, 1.165) is 11.3 Å². The highest BCUT2D eigenvalue weighted by atomic mass is 16.5. The minimum absolute atomic E-state index is 0.241. The highest BCUT2D eigenvalue weighted by molar-refractivity contribution is 6.05. The molecule has 1 amide bonds. The van der Waals surface area contributed by atoms with Crippen LogP contribution in [0.1, 0.15) is 10.4 Å². The summed E-state index contributed by atoms with van der Waals surface area (Å²) >= 11 is 0. The molecule has 6 nitrogen and oxygen atoms in total. The first kappa shape index (κ1) is 17.6. The maximum Gasteiger partial charge on any atom is 0.255 e. The molecule has 0 aliphatic rings. The van der Waals surface area contributed by atoms with Crippen LogP contribution in [0.25, 0.3) is 16.9 Å². The summed E-state index contributed by atoms with van der Waals surface area (Å²) in [7, 11) is 3.13. The minimum Gasteiger partial charge on any atom is -0.497 e. The fourth-order valence-electron chi connectivity index (χ4n) is 2.97. The lowest BCUT2D eigenvalue weighted by molar-refractivity contribution is 0.102. The third-order valence-corrected chi connectivity index (χ3v) is 4.45. The Labute approximate surface area is 162 Å². The average molecular weight is 373 g/mol. The summed E-state index contributed by atoms with van der Waals surface area (Å²) in [6.07, 6.45) is 3.77. The molecule has 4 rings (SSSR count). The molecule has 0 fully saturated rings. The number of amides is 1. The molecule has 2 heterocycles. The summed E-state index contributed by atoms with van der Waals surface area (Å²) in [5.74, 6) is 0.943. The van der Waals surface area contributed by atoms with Crippen molar-refractivity contribution in [3.8, 4) is 22.8 Å². The SMILES string of the molecule is COc1ccc(NC(=O)c2ccn3cc(-c4ccccc4)nc3c2)c(OC)c1. The molecular formula is C22H19N3O3. The molecule has 0 unspecified atom stereocenters. The number of rotatable bonds is 5. The van der Waals surface area contributed by atoms with Crippen LogP contribution in [-0.2, 0) is 0 Å². The second-order valence-corrected chi connectivity index (χ2v) is 6.19. The minimum atomic E-state index is -0.241. The molecule has 0 saturated carbocycles. The number of hydrogen-bond donors (Lipinski definition) is 1. The Balaban J connectivity index is 1.61. The third kappa shape index (κ3) is 3.40. The van der Waals surface area contributed by atoms with Gasteiger partial charge in [-0.15, -0.1) is 0 Å². The van der Waals surface area contributed by atoms with Crippen molar-refractivity contribution in [3.63, 3.8) is 0 Å². The van der Waals surface area contributed by atoms with E-state index in [2.05, 4.69) is 10.3 Å². The van der Waals surface area contributed by atoms with E-state index in [1.807, 2.05) is 47.1 Å². The summed E-state index contributed by atoms with van der Waals surface area (Å²) < 4.78 is 12.4. The number of nitrogens with zero attached hydrogens (tertiary/aromatic N) is 2. The molecule has 4 aromatic rings. The van der Waals surface area contributed by atoms with Crippen LogP contribution in [0.5, 0.6) is 11.5 Å². The maximum absolute atomic E-state index is 12.7. The molecule has 0 aliphatic heterocycles. The number of anilines is 1. The van der Waals surface area contributed by atoms with Crippen molar-refractivity contribution >= 4 is 17.2 Å². The summed E-state index contributed by atoms with van der Waals surface area (Å²) in [6, 6.07) is 18.7. The van der Waals surface area contributed by atoms with Crippen LogP contribution in [0.15, 0.2) is 73.1 Å². The Morgan fingerprint density at radius 1 is 1.00 bits per heavy atom. The number of benzene rings is 2. The average Bonchev–Trinajstić information content (AvgIpc) is 3.18. The lowest BCUT2D eigenvalue weighted by Gasteiger charge is -2.11. The van der Waals surface area contributed by atoms with Crippen LogP contribution < -0.4 is 14.8 Å². The van der Waals surface area contributed by atoms with Crippen LogP contribution in [0.2, 0.25) is 0 Å². The van der Waals surface area contributed by atoms with E-state index in [1.54, 1.807) is 44.6 Å². The largest absolute Gasteiger partial charge is 0.497 e. The van der Waals surface area contributed by atoms with Crippen LogP contribution in [0, 0.1) is 0 Å². The number of nitrogens with one attached hydrogen (secondary N) is 1. The van der Waals surface area contributed by atoms with E-state index < -0.39 is 0 Å². The number of aromatic nitrogens is 2. The van der Waals surface area contributed by atoms with Crippen molar-refractivity contribution in [2.75, 3.05) is 19.5 Å². The molecule has 28 heavy (non-hydrogen) atoms. The standard InChI is InChI=1S/C22H19N3O3/c1-27-17-8-9-18(20(13-17)28-2)24-22(26)16-10-11-25-14-19(23-21(25)12-16)15-6-4-3-5-7-15/h3-14H,1-2H3,(H,24,26).